The summed E-state index contributed by atoms with van der Waals surface area (Å²) in [7, 11) is -3.64. The van der Waals surface area contributed by atoms with Gasteiger partial charge < -0.3 is 10.2 Å². The number of hydrogen-bond donors (Lipinski definition) is 1. The third kappa shape index (κ3) is 4.18. The summed E-state index contributed by atoms with van der Waals surface area (Å²) in [4.78, 5) is 20.8. The van der Waals surface area contributed by atoms with Gasteiger partial charge in [0.15, 0.2) is 11.0 Å². The van der Waals surface area contributed by atoms with Gasteiger partial charge in [-0.25, -0.2) is 4.98 Å². The van der Waals surface area contributed by atoms with E-state index in [2.05, 4.69) is 26.8 Å². The fraction of sp³-hybridized carbons (Fsp3) is 0.292. The Balaban J connectivity index is 1.24. The lowest BCUT2D eigenvalue weighted by molar-refractivity contribution is -0.120. The molecule has 9 heteroatoms. The molecule has 0 bridgehead atoms. The van der Waals surface area contributed by atoms with E-state index in [-0.39, 0.29) is 16.7 Å². The third-order valence-electron chi connectivity index (χ3n) is 6.13. The molecule has 2 aliphatic heterocycles. The first-order valence-corrected chi connectivity index (χ1v) is 13.1. The maximum atomic E-state index is 12.9. The molecule has 1 amide bonds. The highest BCUT2D eigenvalue weighted by atomic mass is 32.2. The second-order valence-corrected chi connectivity index (χ2v) is 11.2. The van der Waals surface area contributed by atoms with Gasteiger partial charge in [-0.05, 0) is 38.8 Å². The number of anilines is 1. The van der Waals surface area contributed by atoms with E-state index in [0.717, 1.165) is 16.1 Å². The van der Waals surface area contributed by atoms with Gasteiger partial charge in [-0.1, -0.05) is 42.0 Å². The van der Waals surface area contributed by atoms with Gasteiger partial charge in [0.2, 0.25) is 5.91 Å². The predicted molar refractivity (Wildman–Crippen MR) is 130 cm³/mol. The standard InChI is InChI=1S/C24H24N4O3S2/c1-15-7-9-17(10-8-15)21-16(2)32-24(25-21)26-23(29)18-11-13-28(14-12-18)22-19-5-3-4-6-20(19)33(30,31)27-22/h3-10,18H,11-14H2,1-2H3,(H,25,26,29). The van der Waals surface area contributed by atoms with Crippen molar-refractivity contribution in [1.29, 1.82) is 0 Å². The van der Waals surface area contributed by atoms with E-state index in [0.29, 0.717) is 42.5 Å². The van der Waals surface area contributed by atoms with Gasteiger partial charge in [-0.15, -0.1) is 15.7 Å². The number of sulfonamides is 1. The number of thiazole rings is 1. The molecule has 0 saturated carbocycles. The summed E-state index contributed by atoms with van der Waals surface area (Å²) < 4.78 is 28.7. The predicted octanol–water partition coefficient (Wildman–Crippen LogP) is 4.23. The zero-order valence-electron chi connectivity index (χ0n) is 18.4. The molecule has 33 heavy (non-hydrogen) atoms. The maximum absolute atomic E-state index is 12.9. The Morgan fingerprint density at radius 1 is 1.06 bits per heavy atom. The molecule has 1 saturated heterocycles. The molecule has 0 radical (unpaired) electrons. The topological polar surface area (TPSA) is 91.7 Å². The summed E-state index contributed by atoms with van der Waals surface area (Å²) >= 11 is 1.48. The van der Waals surface area contributed by atoms with E-state index in [9.17, 15) is 13.2 Å². The van der Waals surface area contributed by atoms with Crippen LogP contribution in [-0.2, 0) is 14.8 Å². The summed E-state index contributed by atoms with van der Waals surface area (Å²) in [6, 6.07) is 15.1. The minimum absolute atomic E-state index is 0.0414. The van der Waals surface area contributed by atoms with Gasteiger partial charge in [0.25, 0.3) is 10.0 Å². The molecule has 1 N–H and O–H groups in total. The fourth-order valence-electron chi connectivity index (χ4n) is 4.31. The van der Waals surface area contributed by atoms with Crippen LogP contribution in [0, 0.1) is 19.8 Å². The normalized spacial score (nSPS) is 17.5. The van der Waals surface area contributed by atoms with Gasteiger partial charge in [-0.2, -0.15) is 8.42 Å². The lowest BCUT2D eigenvalue weighted by Gasteiger charge is -2.32. The number of rotatable bonds is 3. The van der Waals surface area contributed by atoms with Crippen LogP contribution in [0.5, 0.6) is 0 Å². The third-order valence-corrected chi connectivity index (χ3v) is 8.34. The molecule has 3 aromatic rings. The minimum Gasteiger partial charge on any atom is -0.355 e. The number of hydrogen-bond acceptors (Lipinski definition) is 6. The Morgan fingerprint density at radius 2 is 1.76 bits per heavy atom. The zero-order valence-corrected chi connectivity index (χ0v) is 20.0. The van der Waals surface area contributed by atoms with E-state index >= 15 is 0 Å². The first kappa shape index (κ1) is 21.8. The molecule has 1 aromatic heterocycles. The first-order valence-electron chi connectivity index (χ1n) is 10.9. The number of fused-ring (bicyclic) bond motifs is 1. The molecular weight excluding hydrogens is 456 g/mol. The van der Waals surface area contributed by atoms with Crippen LogP contribution in [0.15, 0.2) is 57.8 Å². The Morgan fingerprint density at radius 3 is 2.48 bits per heavy atom. The summed E-state index contributed by atoms with van der Waals surface area (Å²) in [5.41, 5.74) is 3.76. The molecular formula is C24H24N4O3S2. The molecule has 170 valence electrons. The van der Waals surface area contributed by atoms with Gasteiger partial charge in [0.05, 0.1) is 5.69 Å². The first-order chi connectivity index (χ1) is 15.8. The van der Waals surface area contributed by atoms with Crippen molar-refractivity contribution in [3.05, 3.63) is 64.5 Å². The molecule has 0 unspecified atom stereocenters. The van der Waals surface area contributed by atoms with E-state index in [1.807, 2.05) is 36.9 Å². The van der Waals surface area contributed by atoms with Gasteiger partial charge in [0.1, 0.15) is 4.90 Å². The molecule has 1 fully saturated rings. The Bertz CT molecular complexity index is 1350. The number of piperidine rings is 1. The monoisotopic (exact) mass is 480 g/mol. The van der Waals surface area contributed by atoms with E-state index in [4.69, 9.17) is 0 Å². The van der Waals surface area contributed by atoms with Crippen molar-refractivity contribution < 1.29 is 13.2 Å². The SMILES string of the molecule is Cc1ccc(-c2nc(NC(=O)C3CCN(C4=NS(=O)(=O)c5ccccc54)CC3)sc2C)cc1. The molecule has 7 nitrogen and oxygen atoms in total. The van der Waals surface area contributed by atoms with E-state index in [1.165, 1.54) is 16.9 Å². The molecule has 0 aliphatic carbocycles. The molecule has 5 rings (SSSR count). The number of nitrogens with one attached hydrogen (secondary N) is 1. The van der Waals surface area contributed by atoms with Crippen LogP contribution < -0.4 is 5.32 Å². The van der Waals surface area contributed by atoms with Crippen LogP contribution >= 0.6 is 11.3 Å². The van der Waals surface area contributed by atoms with Crippen LogP contribution in [0.25, 0.3) is 11.3 Å². The Kier molecular flexibility index (Phi) is 5.54. The van der Waals surface area contributed by atoms with Crippen LogP contribution in [0.3, 0.4) is 0 Å². The molecule has 2 aliphatic rings. The second kappa shape index (κ2) is 8.39. The highest BCUT2D eigenvalue weighted by Crippen LogP contribution is 2.32. The smallest absolute Gasteiger partial charge is 0.285 e. The van der Waals surface area contributed by atoms with Crippen molar-refractivity contribution in [3.8, 4) is 11.3 Å². The summed E-state index contributed by atoms with van der Waals surface area (Å²) in [6.45, 7) is 5.21. The number of aromatic nitrogens is 1. The summed E-state index contributed by atoms with van der Waals surface area (Å²) in [5.74, 6) is 0.296. The minimum atomic E-state index is -3.64. The second-order valence-electron chi connectivity index (χ2n) is 8.43. The fourth-order valence-corrected chi connectivity index (χ4v) is 6.37. The molecule has 2 aromatic carbocycles. The van der Waals surface area contributed by atoms with Crippen molar-refractivity contribution in [2.24, 2.45) is 10.3 Å². The number of amides is 1. The largest absolute Gasteiger partial charge is 0.355 e. The van der Waals surface area contributed by atoms with Gasteiger partial charge >= 0.3 is 0 Å². The average molecular weight is 481 g/mol. The lowest BCUT2D eigenvalue weighted by Crippen LogP contribution is -2.41. The number of likely N-dealkylation sites (tertiary alicyclic amines) is 1. The van der Waals surface area contributed by atoms with Crippen molar-refractivity contribution in [2.45, 2.75) is 31.6 Å². The highest BCUT2D eigenvalue weighted by Gasteiger charge is 2.34. The van der Waals surface area contributed by atoms with Crippen molar-refractivity contribution >= 4 is 38.2 Å². The number of nitrogens with zero attached hydrogens (tertiary/aromatic N) is 3. The summed E-state index contributed by atoms with van der Waals surface area (Å²) in [5, 5.41) is 3.60. The van der Waals surface area contributed by atoms with E-state index in [1.54, 1.807) is 18.2 Å². The Hall–Kier alpha value is -3.04. The maximum Gasteiger partial charge on any atom is 0.285 e. The Labute approximate surface area is 197 Å². The van der Waals surface area contributed by atoms with Gasteiger partial charge in [0, 0.05) is 35.0 Å². The lowest BCUT2D eigenvalue weighted by atomic mass is 9.95. The number of carbonyl (C=O) groups is 1. The van der Waals surface area contributed by atoms with Crippen molar-refractivity contribution in [1.82, 2.24) is 9.88 Å². The van der Waals surface area contributed by atoms with Gasteiger partial charge in [-0.3, -0.25) is 4.79 Å². The highest BCUT2D eigenvalue weighted by molar-refractivity contribution is 7.90. The zero-order chi connectivity index (χ0) is 23.2. The number of carbonyl (C=O) groups excluding carboxylic acids is 1. The quantitative estimate of drug-likeness (QED) is 0.606. The summed E-state index contributed by atoms with van der Waals surface area (Å²) in [6.07, 6.45) is 1.25. The molecule has 0 spiro atoms. The van der Waals surface area contributed by atoms with Crippen molar-refractivity contribution in [2.75, 3.05) is 18.4 Å². The number of amidine groups is 1. The van der Waals surface area contributed by atoms with Crippen LogP contribution in [0.4, 0.5) is 5.13 Å². The van der Waals surface area contributed by atoms with Crippen molar-refractivity contribution in [3.63, 3.8) is 0 Å². The van der Waals surface area contributed by atoms with Crippen LogP contribution in [-0.4, -0.2) is 43.1 Å². The molecule has 0 atom stereocenters. The number of aryl methyl sites for hydroxylation is 2. The van der Waals surface area contributed by atoms with Crippen LogP contribution in [0.2, 0.25) is 0 Å². The molecule has 3 heterocycles. The van der Waals surface area contributed by atoms with Crippen LogP contribution in [0.1, 0.15) is 28.8 Å². The number of benzene rings is 2. The van der Waals surface area contributed by atoms with E-state index < -0.39 is 10.0 Å². The average Bonchev–Trinajstić information content (AvgIpc) is 3.31.